The largest absolute Gasteiger partial charge is 0.338 e. The molecular weight excluding hydrogens is 272 g/mol. The molecule has 2 heterocycles. The first-order chi connectivity index (χ1) is 9.76. The SMILES string of the molecule is CCCc1nnsc1C(=O)N1CCC(CCNC)CC1. The van der Waals surface area contributed by atoms with Gasteiger partial charge in [0, 0.05) is 13.1 Å². The number of carbonyl (C=O) groups is 1. The van der Waals surface area contributed by atoms with Gasteiger partial charge in [0.15, 0.2) is 0 Å². The van der Waals surface area contributed by atoms with Gasteiger partial charge < -0.3 is 10.2 Å². The zero-order chi connectivity index (χ0) is 14.4. The van der Waals surface area contributed by atoms with Crippen LogP contribution in [0.3, 0.4) is 0 Å². The Labute approximate surface area is 124 Å². The number of amides is 1. The highest BCUT2D eigenvalue weighted by molar-refractivity contribution is 7.08. The quantitative estimate of drug-likeness (QED) is 0.872. The Bertz CT molecular complexity index is 427. The van der Waals surface area contributed by atoms with Gasteiger partial charge in [0.25, 0.3) is 5.91 Å². The van der Waals surface area contributed by atoms with Crippen LogP contribution >= 0.6 is 11.5 Å². The van der Waals surface area contributed by atoms with E-state index in [0.29, 0.717) is 0 Å². The average Bonchev–Trinajstić information content (AvgIpc) is 2.93. The van der Waals surface area contributed by atoms with E-state index < -0.39 is 0 Å². The minimum Gasteiger partial charge on any atom is -0.338 e. The molecule has 0 aliphatic carbocycles. The summed E-state index contributed by atoms with van der Waals surface area (Å²) in [5, 5.41) is 7.29. The van der Waals surface area contributed by atoms with E-state index in [1.807, 2.05) is 11.9 Å². The van der Waals surface area contributed by atoms with Crippen LogP contribution in [-0.4, -0.2) is 47.1 Å². The molecule has 1 aromatic heterocycles. The van der Waals surface area contributed by atoms with Crippen molar-refractivity contribution < 1.29 is 4.79 Å². The molecule has 1 amide bonds. The maximum absolute atomic E-state index is 12.5. The molecule has 1 fully saturated rings. The van der Waals surface area contributed by atoms with Crippen LogP contribution in [0.15, 0.2) is 0 Å². The maximum Gasteiger partial charge on any atom is 0.267 e. The van der Waals surface area contributed by atoms with E-state index in [-0.39, 0.29) is 5.91 Å². The minimum atomic E-state index is 0.135. The number of likely N-dealkylation sites (tertiary alicyclic amines) is 1. The zero-order valence-electron chi connectivity index (χ0n) is 12.4. The maximum atomic E-state index is 12.5. The number of piperidine rings is 1. The van der Waals surface area contributed by atoms with Crippen LogP contribution in [0.1, 0.15) is 48.0 Å². The van der Waals surface area contributed by atoms with E-state index >= 15 is 0 Å². The third kappa shape index (κ3) is 3.76. The van der Waals surface area contributed by atoms with Gasteiger partial charge in [0.1, 0.15) is 4.88 Å². The molecule has 1 aliphatic heterocycles. The van der Waals surface area contributed by atoms with E-state index in [1.165, 1.54) is 18.0 Å². The average molecular weight is 296 g/mol. The molecule has 0 spiro atoms. The number of carbonyl (C=O) groups excluding carboxylic acids is 1. The molecule has 0 atom stereocenters. The fourth-order valence-electron chi connectivity index (χ4n) is 2.69. The van der Waals surface area contributed by atoms with E-state index in [9.17, 15) is 4.79 Å². The Hall–Kier alpha value is -1.01. The van der Waals surface area contributed by atoms with Gasteiger partial charge in [-0.3, -0.25) is 4.79 Å². The third-order valence-corrected chi connectivity index (χ3v) is 4.70. The van der Waals surface area contributed by atoms with Gasteiger partial charge in [0.2, 0.25) is 0 Å². The lowest BCUT2D eigenvalue weighted by molar-refractivity contribution is 0.0690. The van der Waals surface area contributed by atoms with Crippen LogP contribution < -0.4 is 5.32 Å². The molecule has 2 rings (SSSR count). The van der Waals surface area contributed by atoms with Crippen molar-refractivity contribution in [2.75, 3.05) is 26.7 Å². The summed E-state index contributed by atoms with van der Waals surface area (Å²) in [4.78, 5) is 15.2. The van der Waals surface area contributed by atoms with Crippen molar-refractivity contribution in [3.63, 3.8) is 0 Å². The summed E-state index contributed by atoms with van der Waals surface area (Å²) in [6, 6.07) is 0. The fourth-order valence-corrected chi connectivity index (χ4v) is 3.36. The van der Waals surface area contributed by atoms with Crippen LogP contribution in [-0.2, 0) is 6.42 Å². The lowest BCUT2D eigenvalue weighted by atomic mass is 9.93. The Morgan fingerprint density at radius 2 is 2.20 bits per heavy atom. The second-order valence-corrected chi connectivity index (χ2v) is 6.18. The standard InChI is InChI=1S/C14H24N4OS/c1-3-4-12-13(20-17-16-12)14(19)18-9-6-11(7-10-18)5-8-15-2/h11,15H,3-10H2,1-2H3. The van der Waals surface area contributed by atoms with Crippen molar-refractivity contribution in [3.8, 4) is 0 Å². The molecule has 20 heavy (non-hydrogen) atoms. The van der Waals surface area contributed by atoms with Gasteiger partial charge in [0.05, 0.1) is 5.69 Å². The molecule has 0 radical (unpaired) electrons. The first-order valence-electron chi connectivity index (χ1n) is 7.51. The molecule has 0 saturated carbocycles. The first kappa shape index (κ1) is 15.4. The molecular formula is C14H24N4OS. The van der Waals surface area contributed by atoms with E-state index in [4.69, 9.17) is 0 Å². The van der Waals surface area contributed by atoms with Crippen LogP contribution in [0.4, 0.5) is 0 Å². The molecule has 1 aromatic rings. The summed E-state index contributed by atoms with van der Waals surface area (Å²) < 4.78 is 3.95. The van der Waals surface area contributed by atoms with Gasteiger partial charge in [-0.1, -0.05) is 17.8 Å². The van der Waals surface area contributed by atoms with Crippen LogP contribution in [0.5, 0.6) is 0 Å². The highest BCUT2D eigenvalue weighted by Gasteiger charge is 2.26. The Kier molecular flexibility index (Phi) is 5.91. The molecule has 1 saturated heterocycles. The van der Waals surface area contributed by atoms with E-state index in [0.717, 1.165) is 61.8 Å². The Balaban J connectivity index is 1.89. The van der Waals surface area contributed by atoms with E-state index in [1.54, 1.807) is 0 Å². The van der Waals surface area contributed by atoms with Crippen LogP contribution in [0.25, 0.3) is 0 Å². The molecule has 0 aromatic carbocycles. The molecule has 5 nitrogen and oxygen atoms in total. The van der Waals surface area contributed by atoms with Gasteiger partial charge >= 0.3 is 0 Å². The van der Waals surface area contributed by atoms with Crippen molar-refractivity contribution in [1.82, 2.24) is 19.8 Å². The number of aryl methyl sites for hydroxylation is 1. The number of rotatable bonds is 6. The highest BCUT2D eigenvalue weighted by atomic mass is 32.1. The molecule has 0 unspecified atom stereocenters. The van der Waals surface area contributed by atoms with Crippen LogP contribution in [0.2, 0.25) is 0 Å². The monoisotopic (exact) mass is 296 g/mol. The minimum absolute atomic E-state index is 0.135. The summed E-state index contributed by atoms with van der Waals surface area (Å²) in [5.41, 5.74) is 0.875. The van der Waals surface area contributed by atoms with Gasteiger partial charge in [-0.15, -0.1) is 5.10 Å². The lowest BCUT2D eigenvalue weighted by Crippen LogP contribution is -2.39. The summed E-state index contributed by atoms with van der Waals surface area (Å²) in [6.45, 7) is 4.91. The van der Waals surface area contributed by atoms with Crippen molar-refractivity contribution in [2.45, 2.75) is 39.0 Å². The van der Waals surface area contributed by atoms with Crippen molar-refractivity contribution in [1.29, 1.82) is 0 Å². The zero-order valence-corrected chi connectivity index (χ0v) is 13.2. The first-order valence-corrected chi connectivity index (χ1v) is 8.28. The fraction of sp³-hybridized carbons (Fsp3) is 0.786. The number of aromatic nitrogens is 2. The van der Waals surface area contributed by atoms with Gasteiger partial charge in [-0.25, -0.2) is 0 Å². The number of nitrogens with one attached hydrogen (secondary N) is 1. The van der Waals surface area contributed by atoms with Gasteiger partial charge in [-0.2, -0.15) is 0 Å². The van der Waals surface area contributed by atoms with Crippen LogP contribution in [0, 0.1) is 5.92 Å². The molecule has 0 bridgehead atoms. The van der Waals surface area contributed by atoms with Crippen molar-refractivity contribution in [3.05, 3.63) is 10.6 Å². The van der Waals surface area contributed by atoms with E-state index in [2.05, 4.69) is 21.8 Å². The van der Waals surface area contributed by atoms with Gasteiger partial charge in [-0.05, 0) is 56.7 Å². The second-order valence-electron chi connectivity index (χ2n) is 5.43. The molecule has 6 heteroatoms. The molecule has 112 valence electrons. The summed E-state index contributed by atoms with van der Waals surface area (Å²) in [6.07, 6.45) is 5.28. The van der Waals surface area contributed by atoms with Crippen molar-refractivity contribution in [2.24, 2.45) is 5.92 Å². The summed E-state index contributed by atoms with van der Waals surface area (Å²) in [5.74, 6) is 0.886. The lowest BCUT2D eigenvalue weighted by Gasteiger charge is -2.31. The Morgan fingerprint density at radius 3 is 2.85 bits per heavy atom. The molecule has 1 N–H and O–H groups in total. The smallest absolute Gasteiger partial charge is 0.267 e. The highest BCUT2D eigenvalue weighted by Crippen LogP contribution is 2.23. The van der Waals surface area contributed by atoms with Crippen molar-refractivity contribution >= 4 is 17.4 Å². The second kappa shape index (κ2) is 7.69. The third-order valence-electron chi connectivity index (χ3n) is 3.94. The topological polar surface area (TPSA) is 58.1 Å². The summed E-state index contributed by atoms with van der Waals surface area (Å²) in [7, 11) is 1.99. The summed E-state index contributed by atoms with van der Waals surface area (Å²) >= 11 is 1.24. The number of hydrogen-bond acceptors (Lipinski definition) is 5. The predicted octanol–water partition coefficient (Wildman–Crippen LogP) is 1.95. The Morgan fingerprint density at radius 1 is 1.45 bits per heavy atom. The normalized spacial score (nSPS) is 16.6. The number of nitrogens with zero attached hydrogens (tertiary/aromatic N) is 3. The number of hydrogen-bond donors (Lipinski definition) is 1. The predicted molar refractivity (Wildman–Crippen MR) is 81.1 cm³/mol. The molecule has 1 aliphatic rings.